The number of ether oxygens (including phenoxy) is 1. The first-order valence-electron chi connectivity index (χ1n) is 9.26. The van der Waals surface area contributed by atoms with Crippen molar-refractivity contribution in [1.29, 1.82) is 0 Å². The maximum atomic E-state index is 12.6. The topological polar surface area (TPSA) is 43.4 Å². The fourth-order valence-electron chi connectivity index (χ4n) is 3.42. The van der Waals surface area contributed by atoms with E-state index in [1.165, 1.54) is 19.3 Å². The van der Waals surface area contributed by atoms with Crippen LogP contribution in [0, 0.1) is 10.8 Å². The Labute approximate surface area is 151 Å². The summed E-state index contributed by atoms with van der Waals surface area (Å²) >= 11 is 0. The van der Waals surface area contributed by atoms with Crippen molar-refractivity contribution >= 4 is 17.6 Å². The van der Waals surface area contributed by atoms with Crippen LogP contribution in [0.25, 0.3) is 6.08 Å². The summed E-state index contributed by atoms with van der Waals surface area (Å²) in [6.45, 7) is 10.0. The van der Waals surface area contributed by atoms with Crippen LogP contribution in [0.3, 0.4) is 0 Å². The minimum atomic E-state index is -0.934. The molecular formula is C22H30O3. The van der Waals surface area contributed by atoms with Crippen molar-refractivity contribution in [3.05, 3.63) is 35.4 Å². The summed E-state index contributed by atoms with van der Waals surface area (Å²) < 4.78 is 5.75. The summed E-state index contributed by atoms with van der Waals surface area (Å²) in [6.07, 6.45) is 6.58. The second-order valence-corrected chi connectivity index (χ2v) is 7.94. The molecule has 2 rings (SSSR count). The number of rotatable bonds is 7. The molecule has 0 radical (unpaired) electrons. The van der Waals surface area contributed by atoms with E-state index < -0.39 is 10.8 Å². The summed E-state index contributed by atoms with van der Waals surface area (Å²) in [7, 11) is 0. The number of ketones is 2. The van der Waals surface area contributed by atoms with Crippen molar-refractivity contribution in [2.75, 3.05) is 6.61 Å². The van der Waals surface area contributed by atoms with Gasteiger partial charge in [0.1, 0.15) is 5.75 Å². The van der Waals surface area contributed by atoms with Crippen LogP contribution in [0.5, 0.6) is 5.75 Å². The average Bonchev–Trinajstić information content (AvgIpc) is 2.69. The molecule has 3 nitrogen and oxygen atoms in total. The van der Waals surface area contributed by atoms with Crippen LogP contribution in [0.1, 0.15) is 65.9 Å². The van der Waals surface area contributed by atoms with E-state index in [0.717, 1.165) is 24.3 Å². The minimum Gasteiger partial charge on any atom is -0.494 e. The number of allylic oxidation sites excluding steroid dienone is 1. The first-order chi connectivity index (χ1) is 11.7. The molecule has 1 fully saturated rings. The number of hydrogen-bond donors (Lipinski definition) is 0. The Morgan fingerprint density at radius 3 is 2.08 bits per heavy atom. The van der Waals surface area contributed by atoms with Gasteiger partial charge in [-0.2, -0.15) is 0 Å². The van der Waals surface area contributed by atoms with Crippen molar-refractivity contribution in [2.24, 2.45) is 10.8 Å². The highest BCUT2D eigenvalue weighted by Gasteiger charge is 2.55. The molecule has 25 heavy (non-hydrogen) atoms. The second kappa shape index (κ2) is 7.55. The predicted molar refractivity (Wildman–Crippen MR) is 102 cm³/mol. The normalized spacial score (nSPS) is 20.3. The minimum absolute atomic E-state index is 0.0108. The molecule has 1 aromatic carbocycles. The number of Topliss-reactive ketones (excluding diaryl/α,β-unsaturated/α-hetero) is 2. The largest absolute Gasteiger partial charge is 0.494 e. The van der Waals surface area contributed by atoms with Crippen molar-refractivity contribution in [2.45, 2.75) is 60.3 Å². The van der Waals surface area contributed by atoms with E-state index >= 15 is 0 Å². The highest BCUT2D eigenvalue weighted by atomic mass is 16.5. The highest BCUT2D eigenvalue weighted by Crippen LogP contribution is 2.47. The van der Waals surface area contributed by atoms with Gasteiger partial charge in [-0.05, 0) is 57.9 Å². The summed E-state index contributed by atoms with van der Waals surface area (Å²) in [5, 5.41) is 0. The van der Waals surface area contributed by atoms with Crippen molar-refractivity contribution in [1.82, 2.24) is 0 Å². The summed E-state index contributed by atoms with van der Waals surface area (Å²) in [5.41, 5.74) is -0.165. The van der Waals surface area contributed by atoms with Gasteiger partial charge in [-0.15, -0.1) is 0 Å². The third-order valence-electron chi connectivity index (χ3n) is 5.08. The standard InChI is InChI=1S/C22H30O3/c1-6-7-8-9-14-25-17-12-10-16(11-13-17)15-18-19(23)22(4,5)20(24)21(18,2)3/h10-13,15H,6-9,14H2,1-5H3. The third-order valence-corrected chi connectivity index (χ3v) is 5.08. The zero-order valence-electron chi connectivity index (χ0n) is 16.1. The molecule has 0 N–H and O–H groups in total. The van der Waals surface area contributed by atoms with Gasteiger partial charge in [0.2, 0.25) is 0 Å². The van der Waals surface area contributed by atoms with Crippen LogP contribution >= 0.6 is 0 Å². The Bertz CT molecular complexity index is 663. The number of carbonyl (C=O) groups excluding carboxylic acids is 2. The molecule has 0 saturated heterocycles. The highest BCUT2D eigenvalue weighted by molar-refractivity contribution is 6.26. The molecule has 0 aliphatic heterocycles. The number of hydrogen-bond acceptors (Lipinski definition) is 3. The van der Waals surface area contributed by atoms with E-state index in [1.807, 2.05) is 44.2 Å². The van der Waals surface area contributed by atoms with Gasteiger partial charge in [-0.3, -0.25) is 9.59 Å². The van der Waals surface area contributed by atoms with E-state index in [4.69, 9.17) is 4.74 Å². The molecule has 1 aliphatic rings. The molecule has 0 bridgehead atoms. The van der Waals surface area contributed by atoms with Gasteiger partial charge < -0.3 is 4.74 Å². The molecule has 0 heterocycles. The number of carbonyl (C=O) groups is 2. The Hall–Kier alpha value is -1.90. The monoisotopic (exact) mass is 342 g/mol. The van der Waals surface area contributed by atoms with Gasteiger partial charge in [-0.25, -0.2) is 0 Å². The SMILES string of the molecule is CCCCCCOc1ccc(C=C2C(=O)C(C)(C)C(=O)C2(C)C)cc1. The lowest BCUT2D eigenvalue weighted by atomic mass is 9.81. The van der Waals surface area contributed by atoms with Gasteiger partial charge in [0.05, 0.1) is 17.4 Å². The first kappa shape index (κ1) is 19.4. The number of benzene rings is 1. The van der Waals surface area contributed by atoms with E-state index in [2.05, 4.69) is 6.92 Å². The molecule has 1 aromatic rings. The fourth-order valence-corrected chi connectivity index (χ4v) is 3.42. The Kier molecular flexibility index (Phi) is 5.87. The van der Waals surface area contributed by atoms with Gasteiger partial charge in [-0.1, -0.05) is 38.3 Å². The fraction of sp³-hybridized carbons (Fsp3) is 0.545. The van der Waals surface area contributed by atoms with Gasteiger partial charge in [0.25, 0.3) is 0 Å². The lowest BCUT2D eigenvalue weighted by Crippen LogP contribution is -2.29. The van der Waals surface area contributed by atoms with Crippen molar-refractivity contribution in [3.63, 3.8) is 0 Å². The summed E-state index contributed by atoms with van der Waals surface area (Å²) in [6, 6.07) is 7.72. The molecule has 136 valence electrons. The molecule has 0 aromatic heterocycles. The average molecular weight is 342 g/mol. The Balaban J connectivity index is 2.09. The van der Waals surface area contributed by atoms with Crippen molar-refractivity contribution in [3.8, 4) is 5.75 Å². The van der Waals surface area contributed by atoms with E-state index in [-0.39, 0.29) is 11.6 Å². The molecule has 1 saturated carbocycles. The van der Waals surface area contributed by atoms with Crippen LogP contribution < -0.4 is 4.74 Å². The van der Waals surface area contributed by atoms with Crippen LogP contribution in [0.15, 0.2) is 29.8 Å². The summed E-state index contributed by atoms with van der Waals surface area (Å²) in [5.74, 6) is 0.758. The smallest absolute Gasteiger partial charge is 0.172 e. The molecule has 0 atom stereocenters. The van der Waals surface area contributed by atoms with Crippen LogP contribution in [0.2, 0.25) is 0 Å². The second-order valence-electron chi connectivity index (χ2n) is 7.94. The molecule has 0 amide bonds. The quantitative estimate of drug-likeness (QED) is 0.387. The third kappa shape index (κ3) is 4.02. The summed E-state index contributed by atoms with van der Waals surface area (Å²) in [4.78, 5) is 25.2. The lowest BCUT2D eigenvalue weighted by molar-refractivity contribution is -0.135. The maximum Gasteiger partial charge on any atom is 0.172 e. The molecule has 3 heteroatoms. The molecule has 0 spiro atoms. The van der Waals surface area contributed by atoms with Crippen LogP contribution in [-0.2, 0) is 9.59 Å². The molecule has 0 unspecified atom stereocenters. The van der Waals surface area contributed by atoms with Crippen LogP contribution in [0.4, 0.5) is 0 Å². The number of unbranched alkanes of at least 4 members (excludes halogenated alkanes) is 3. The van der Waals surface area contributed by atoms with Gasteiger partial charge in [0.15, 0.2) is 11.6 Å². The van der Waals surface area contributed by atoms with E-state index in [0.29, 0.717) is 5.57 Å². The van der Waals surface area contributed by atoms with Gasteiger partial charge in [0, 0.05) is 5.57 Å². The van der Waals surface area contributed by atoms with Gasteiger partial charge >= 0.3 is 0 Å². The Morgan fingerprint density at radius 2 is 1.56 bits per heavy atom. The lowest BCUT2D eigenvalue weighted by Gasteiger charge is -2.18. The predicted octanol–water partition coefficient (Wildman–Crippen LogP) is 5.23. The first-order valence-corrected chi connectivity index (χ1v) is 9.26. The molecular weight excluding hydrogens is 312 g/mol. The zero-order valence-corrected chi connectivity index (χ0v) is 16.1. The molecule has 1 aliphatic carbocycles. The van der Waals surface area contributed by atoms with E-state index in [9.17, 15) is 9.59 Å². The maximum absolute atomic E-state index is 12.6. The van der Waals surface area contributed by atoms with E-state index in [1.54, 1.807) is 13.8 Å². The van der Waals surface area contributed by atoms with Crippen molar-refractivity contribution < 1.29 is 14.3 Å². The van der Waals surface area contributed by atoms with Crippen LogP contribution in [-0.4, -0.2) is 18.2 Å². The zero-order chi connectivity index (χ0) is 18.7. The Morgan fingerprint density at radius 1 is 0.920 bits per heavy atom.